The van der Waals surface area contributed by atoms with E-state index in [4.69, 9.17) is 9.97 Å². The van der Waals surface area contributed by atoms with Gasteiger partial charge < -0.3 is 4.98 Å². The maximum Gasteiger partial charge on any atom is 0.0715 e. The summed E-state index contributed by atoms with van der Waals surface area (Å²) >= 11 is 0. The zero-order valence-electron chi connectivity index (χ0n) is 35.4. The van der Waals surface area contributed by atoms with Crippen LogP contribution in [0.3, 0.4) is 0 Å². The van der Waals surface area contributed by atoms with E-state index in [1.807, 2.05) is 18.3 Å². The first-order valence-electron chi connectivity index (χ1n) is 21.7. The maximum atomic E-state index is 5.53. The van der Waals surface area contributed by atoms with Crippen molar-refractivity contribution in [3.05, 3.63) is 255 Å². The quantitative estimate of drug-likeness (QED) is 0.135. The van der Waals surface area contributed by atoms with Crippen molar-refractivity contribution in [1.82, 2.24) is 9.97 Å². The molecule has 0 spiro atoms. The van der Waals surface area contributed by atoms with Crippen LogP contribution in [0.2, 0.25) is 0 Å². The zero-order chi connectivity index (χ0) is 42.7. The molecule has 0 aliphatic rings. The van der Waals surface area contributed by atoms with Crippen LogP contribution in [0, 0.1) is 6.07 Å². The number of hydrogen-bond acceptors (Lipinski definition) is 2. The number of benzene rings is 9. The minimum Gasteiger partial charge on any atom is -0.304 e. The van der Waals surface area contributed by atoms with Crippen LogP contribution < -0.4 is 0 Å². The van der Waals surface area contributed by atoms with Gasteiger partial charge in [0.2, 0.25) is 0 Å². The van der Waals surface area contributed by atoms with Crippen molar-refractivity contribution in [2.45, 2.75) is 0 Å². The van der Waals surface area contributed by atoms with Crippen molar-refractivity contribution in [2.75, 3.05) is 0 Å². The van der Waals surface area contributed by atoms with Gasteiger partial charge in [-0.1, -0.05) is 170 Å². The Morgan fingerprint density at radius 2 is 0.646 bits per heavy atom. The normalized spacial score (nSPS) is 11.0. The number of rotatable bonds is 9. The van der Waals surface area contributed by atoms with E-state index in [0.717, 1.165) is 89.1 Å². The Bertz CT molecular complexity index is 3310. The average molecular weight is 1010 g/mol. The van der Waals surface area contributed by atoms with E-state index in [0.29, 0.717) is 0 Å². The van der Waals surface area contributed by atoms with Gasteiger partial charge in [0.05, 0.1) is 11.4 Å². The molecule has 0 amide bonds. The van der Waals surface area contributed by atoms with Crippen LogP contribution in [-0.2, 0) is 20.1 Å². The smallest absolute Gasteiger partial charge is 0.0715 e. The summed E-state index contributed by atoms with van der Waals surface area (Å²) in [4.78, 5) is 10.4. The summed E-state index contributed by atoms with van der Waals surface area (Å²) in [5.74, 6) is 0. The van der Waals surface area contributed by atoms with Gasteiger partial charge in [0, 0.05) is 37.4 Å². The molecule has 0 N–H and O–H groups in total. The molecular weight excluding hydrogens is 965 g/mol. The second-order valence-corrected chi connectivity index (χ2v) is 16.2. The van der Waals surface area contributed by atoms with Gasteiger partial charge in [-0.2, -0.15) is 0 Å². The van der Waals surface area contributed by atoms with Gasteiger partial charge >= 0.3 is 0 Å². The van der Waals surface area contributed by atoms with E-state index >= 15 is 0 Å². The summed E-state index contributed by atoms with van der Waals surface area (Å²) in [5.41, 5.74) is 19.4. The van der Waals surface area contributed by atoms with Crippen LogP contribution in [0.5, 0.6) is 0 Å². The minimum atomic E-state index is 0. The van der Waals surface area contributed by atoms with Crippen molar-refractivity contribution < 1.29 is 20.1 Å². The van der Waals surface area contributed by atoms with Crippen molar-refractivity contribution >= 4 is 10.8 Å². The summed E-state index contributed by atoms with van der Waals surface area (Å²) in [5, 5.41) is 2.26. The molecule has 11 rings (SSSR count). The molecule has 11 aromatic rings. The first kappa shape index (κ1) is 41.2. The van der Waals surface area contributed by atoms with Crippen LogP contribution in [0.25, 0.3) is 111 Å². The largest absolute Gasteiger partial charge is 0.304 e. The molecule has 3 heteroatoms. The summed E-state index contributed by atoms with van der Waals surface area (Å²) < 4.78 is 0. The Labute approximate surface area is 394 Å². The molecule has 0 unspecified atom stereocenters. The Morgan fingerprint density at radius 3 is 1.18 bits per heavy atom. The maximum absolute atomic E-state index is 5.53. The molecule has 2 nitrogen and oxygen atoms in total. The predicted molar refractivity (Wildman–Crippen MR) is 267 cm³/mol. The monoisotopic (exact) mass is 1010 g/mol. The third-order valence-corrected chi connectivity index (χ3v) is 11.9. The Morgan fingerprint density at radius 1 is 0.262 bits per heavy atom. The SMILES string of the molecule is [Ir].[c-]1ccc(-c2cc(-c3cccc(-c4cc(-c5ccccc5)cc(-c5ccccc5)c4)c3)nc(-c3cc(-c4ccccc4)cc(-c4ccccc4)c3)c2)cc1-c1cc2ccccc2cn1. The van der Waals surface area contributed by atoms with Gasteiger partial charge in [-0.25, -0.2) is 4.98 Å². The van der Waals surface area contributed by atoms with Gasteiger partial charge in [-0.3, -0.25) is 0 Å². The molecule has 309 valence electrons. The Hall–Kier alpha value is -7.81. The van der Waals surface area contributed by atoms with Gasteiger partial charge in [0.15, 0.2) is 0 Å². The van der Waals surface area contributed by atoms with Gasteiger partial charge in [-0.15, -0.1) is 35.4 Å². The van der Waals surface area contributed by atoms with E-state index in [-0.39, 0.29) is 20.1 Å². The van der Waals surface area contributed by atoms with Crippen molar-refractivity contribution in [3.63, 3.8) is 0 Å². The van der Waals surface area contributed by atoms with E-state index in [9.17, 15) is 0 Å². The Balaban J connectivity index is 0.00000498. The Kier molecular flexibility index (Phi) is 11.7. The molecule has 0 aliphatic heterocycles. The summed E-state index contributed by atoms with van der Waals surface area (Å²) in [6, 6.07) is 89.8. The van der Waals surface area contributed by atoms with Gasteiger partial charge in [-0.05, 0) is 132 Å². The average Bonchev–Trinajstić information content (AvgIpc) is 3.39. The molecule has 2 heterocycles. The number of pyridine rings is 2. The van der Waals surface area contributed by atoms with Crippen LogP contribution in [-0.4, -0.2) is 9.97 Å². The van der Waals surface area contributed by atoms with E-state index in [1.54, 1.807) is 0 Å². The zero-order valence-corrected chi connectivity index (χ0v) is 37.8. The summed E-state index contributed by atoms with van der Waals surface area (Å²) in [6.07, 6.45) is 1.95. The van der Waals surface area contributed by atoms with Crippen LogP contribution in [0.15, 0.2) is 249 Å². The standard InChI is InChI=1S/C62H41N2.Ir/c1-5-17-43(18-6-1)53-33-54(44-19-7-2-8-20-44)36-57(35-53)47-27-16-30-51(32-47)61-40-58(48-28-15-29-50(31-48)60-39-49-25-13-14-26-52(49)42-63-60)41-62(64-61)59-37-55(45-21-9-3-10-22-45)34-56(38-59)46-23-11-4-12-24-46;/h1-28,30-42H;/q-1;. The number of nitrogens with zero attached hydrogens (tertiary/aromatic N) is 2. The molecule has 0 saturated carbocycles. The van der Waals surface area contributed by atoms with Gasteiger partial charge in [0.25, 0.3) is 0 Å². The molecule has 9 aromatic carbocycles. The third kappa shape index (κ3) is 8.90. The molecule has 65 heavy (non-hydrogen) atoms. The summed E-state index contributed by atoms with van der Waals surface area (Å²) in [7, 11) is 0. The summed E-state index contributed by atoms with van der Waals surface area (Å²) in [6.45, 7) is 0. The third-order valence-electron chi connectivity index (χ3n) is 11.9. The minimum absolute atomic E-state index is 0. The molecule has 1 radical (unpaired) electrons. The number of hydrogen-bond donors (Lipinski definition) is 0. The van der Waals surface area contributed by atoms with Crippen molar-refractivity contribution in [1.29, 1.82) is 0 Å². The molecule has 0 bridgehead atoms. The number of aromatic nitrogens is 2. The molecule has 0 aliphatic carbocycles. The van der Waals surface area contributed by atoms with Crippen LogP contribution >= 0.6 is 0 Å². The predicted octanol–water partition coefficient (Wildman–Crippen LogP) is 16.4. The van der Waals surface area contributed by atoms with Gasteiger partial charge in [0.1, 0.15) is 0 Å². The fourth-order valence-electron chi connectivity index (χ4n) is 8.63. The van der Waals surface area contributed by atoms with Crippen LogP contribution in [0.1, 0.15) is 0 Å². The molecule has 2 aromatic heterocycles. The van der Waals surface area contributed by atoms with E-state index in [2.05, 4.69) is 237 Å². The van der Waals surface area contributed by atoms with E-state index < -0.39 is 0 Å². The topological polar surface area (TPSA) is 25.8 Å². The molecule has 0 saturated heterocycles. The van der Waals surface area contributed by atoms with Crippen LogP contribution in [0.4, 0.5) is 0 Å². The first-order valence-corrected chi connectivity index (χ1v) is 21.7. The molecular formula is C62H41IrN2-. The number of fused-ring (bicyclic) bond motifs is 1. The fourth-order valence-corrected chi connectivity index (χ4v) is 8.63. The first-order chi connectivity index (χ1) is 31.7. The fraction of sp³-hybridized carbons (Fsp3) is 0. The van der Waals surface area contributed by atoms with E-state index in [1.165, 1.54) is 22.3 Å². The van der Waals surface area contributed by atoms with Crippen molar-refractivity contribution in [3.8, 4) is 101 Å². The molecule has 0 atom stereocenters. The second kappa shape index (κ2) is 18.5. The van der Waals surface area contributed by atoms with Crippen molar-refractivity contribution in [2.24, 2.45) is 0 Å². The second-order valence-electron chi connectivity index (χ2n) is 16.2. The molecule has 0 fully saturated rings.